The number of carboxylic acids is 1. The predicted molar refractivity (Wildman–Crippen MR) is 148 cm³/mol. The highest BCUT2D eigenvalue weighted by Gasteiger charge is 2.51. The van der Waals surface area contributed by atoms with E-state index in [0.717, 1.165) is 61.9 Å². The Morgan fingerprint density at radius 2 is 1.59 bits per heavy atom. The number of anilines is 1. The highest BCUT2D eigenvalue weighted by atomic mass is 32.1. The van der Waals surface area contributed by atoms with Crippen LogP contribution >= 0.6 is 11.3 Å². The summed E-state index contributed by atoms with van der Waals surface area (Å²) < 4.78 is 1.82. The van der Waals surface area contributed by atoms with Crippen molar-refractivity contribution in [3.05, 3.63) is 102 Å². The SMILES string of the molecule is Cn1cc(-c2ccc(-c3ccc(C4(C(=O)O)CC4)cc3)cc2)c(NCc2cnc(-c3ccccc3)s2)n1. The van der Waals surface area contributed by atoms with Gasteiger partial charge in [-0.15, -0.1) is 11.3 Å². The average Bonchev–Trinajstić information content (AvgIpc) is 3.47. The van der Waals surface area contributed by atoms with Crippen LogP contribution in [-0.2, 0) is 23.8 Å². The number of carbonyl (C=O) groups is 1. The first-order valence-corrected chi connectivity index (χ1v) is 13.1. The van der Waals surface area contributed by atoms with E-state index in [9.17, 15) is 9.90 Å². The second-order valence-electron chi connectivity index (χ2n) is 9.46. The Labute approximate surface area is 219 Å². The number of hydrogen-bond donors (Lipinski definition) is 2. The molecular formula is C30H26N4O2S. The first kappa shape index (κ1) is 23.2. The van der Waals surface area contributed by atoms with Gasteiger partial charge >= 0.3 is 5.97 Å². The van der Waals surface area contributed by atoms with E-state index in [1.54, 1.807) is 11.3 Å². The highest BCUT2D eigenvalue weighted by Crippen LogP contribution is 2.48. The van der Waals surface area contributed by atoms with Crippen LogP contribution < -0.4 is 5.32 Å². The Bertz CT molecular complexity index is 1550. The van der Waals surface area contributed by atoms with Crippen LogP contribution in [0.1, 0.15) is 23.3 Å². The molecule has 2 aromatic heterocycles. The topological polar surface area (TPSA) is 80.0 Å². The third-order valence-electron chi connectivity index (χ3n) is 6.96. The van der Waals surface area contributed by atoms with E-state index in [1.165, 1.54) is 0 Å². The second-order valence-corrected chi connectivity index (χ2v) is 10.6. The van der Waals surface area contributed by atoms with Gasteiger partial charge in [0.15, 0.2) is 5.82 Å². The van der Waals surface area contributed by atoms with E-state index in [4.69, 9.17) is 0 Å². The average molecular weight is 507 g/mol. The molecule has 2 heterocycles. The zero-order valence-corrected chi connectivity index (χ0v) is 21.2. The van der Waals surface area contributed by atoms with Gasteiger partial charge in [0, 0.05) is 35.4 Å². The summed E-state index contributed by atoms with van der Waals surface area (Å²) in [4.78, 5) is 17.3. The van der Waals surface area contributed by atoms with Crippen molar-refractivity contribution in [2.75, 3.05) is 5.32 Å². The van der Waals surface area contributed by atoms with Crippen LogP contribution in [0, 0.1) is 0 Å². The van der Waals surface area contributed by atoms with Crippen molar-refractivity contribution in [3.8, 4) is 32.8 Å². The normalized spacial score (nSPS) is 13.9. The molecule has 1 aliphatic rings. The lowest BCUT2D eigenvalue weighted by Gasteiger charge is -2.11. The number of hydrogen-bond acceptors (Lipinski definition) is 5. The van der Waals surface area contributed by atoms with E-state index in [1.807, 2.05) is 66.6 Å². The standard InChI is InChI=1S/C30H26N4O2S/c1-34-19-26(27(33-34)31-17-25-18-32-28(37-25)23-5-3-2-4-6-23)22-9-7-20(8-10-22)21-11-13-24(14-12-21)30(15-16-30)29(35)36/h2-14,18-19H,15-17H2,1H3,(H,31,33)(H,35,36). The fourth-order valence-electron chi connectivity index (χ4n) is 4.68. The van der Waals surface area contributed by atoms with Crippen molar-refractivity contribution in [2.45, 2.75) is 24.8 Å². The maximum atomic E-state index is 11.6. The number of rotatable bonds is 8. The molecule has 0 radical (unpaired) electrons. The Morgan fingerprint density at radius 3 is 2.24 bits per heavy atom. The van der Waals surface area contributed by atoms with Gasteiger partial charge in [0.1, 0.15) is 5.01 Å². The van der Waals surface area contributed by atoms with Crippen LogP contribution in [0.3, 0.4) is 0 Å². The van der Waals surface area contributed by atoms with Crippen LogP contribution in [0.15, 0.2) is 91.3 Å². The molecule has 0 saturated heterocycles. The minimum atomic E-state index is -0.725. The van der Waals surface area contributed by atoms with Gasteiger partial charge in [-0.05, 0) is 35.1 Å². The van der Waals surface area contributed by atoms with Crippen molar-refractivity contribution in [1.29, 1.82) is 0 Å². The molecule has 1 fully saturated rings. The molecule has 0 amide bonds. The number of aromatic nitrogens is 3. The molecule has 6 nitrogen and oxygen atoms in total. The molecule has 0 spiro atoms. The number of nitrogens with zero attached hydrogens (tertiary/aromatic N) is 3. The molecule has 0 aliphatic heterocycles. The summed E-state index contributed by atoms with van der Waals surface area (Å²) in [5.41, 5.74) is 5.62. The molecule has 184 valence electrons. The van der Waals surface area contributed by atoms with Crippen LogP contribution in [0.5, 0.6) is 0 Å². The third-order valence-corrected chi connectivity index (χ3v) is 8.01. The molecule has 0 bridgehead atoms. The monoisotopic (exact) mass is 506 g/mol. The maximum Gasteiger partial charge on any atom is 0.314 e. The number of nitrogens with one attached hydrogen (secondary N) is 1. The van der Waals surface area contributed by atoms with Crippen LogP contribution in [-0.4, -0.2) is 25.8 Å². The van der Waals surface area contributed by atoms with Gasteiger partial charge in [0.2, 0.25) is 0 Å². The Hall–Kier alpha value is -4.23. The highest BCUT2D eigenvalue weighted by molar-refractivity contribution is 7.15. The second kappa shape index (κ2) is 9.33. The minimum absolute atomic E-state index is 0.650. The maximum absolute atomic E-state index is 11.6. The summed E-state index contributed by atoms with van der Waals surface area (Å²) in [6.07, 6.45) is 5.38. The zero-order valence-electron chi connectivity index (χ0n) is 20.4. The van der Waals surface area contributed by atoms with Crippen molar-refractivity contribution >= 4 is 23.1 Å². The number of thiazole rings is 1. The number of aliphatic carboxylic acids is 1. The van der Waals surface area contributed by atoms with Crippen LogP contribution in [0.2, 0.25) is 0 Å². The van der Waals surface area contributed by atoms with Gasteiger partial charge < -0.3 is 10.4 Å². The van der Waals surface area contributed by atoms with E-state index >= 15 is 0 Å². The molecule has 1 saturated carbocycles. The fourth-order valence-corrected chi connectivity index (χ4v) is 5.54. The number of carboxylic acid groups (broad SMARTS) is 1. The van der Waals surface area contributed by atoms with E-state index in [0.29, 0.717) is 6.54 Å². The Kier molecular flexibility index (Phi) is 5.85. The molecule has 0 atom stereocenters. The van der Waals surface area contributed by atoms with Gasteiger partial charge in [-0.1, -0.05) is 78.9 Å². The van der Waals surface area contributed by atoms with Crippen molar-refractivity contribution < 1.29 is 9.90 Å². The summed E-state index contributed by atoms with van der Waals surface area (Å²) in [6, 6.07) is 26.6. The minimum Gasteiger partial charge on any atom is -0.481 e. The van der Waals surface area contributed by atoms with Gasteiger partial charge in [-0.2, -0.15) is 5.10 Å². The molecule has 5 aromatic rings. The lowest BCUT2D eigenvalue weighted by atomic mass is 9.93. The molecule has 3 aromatic carbocycles. The van der Waals surface area contributed by atoms with Crippen molar-refractivity contribution in [1.82, 2.24) is 14.8 Å². The quantitative estimate of drug-likeness (QED) is 0.248. The number of aryl methyl sites for hydroxylation is 1. The fraction of sp³-hybridized carbons (Fsp3) is 0.167. The first-order chi connectivity index (χ1) is 18.0. The van der Waals surface area contributed by atoms with Gasteiger partial charge in [0.05, 0.1) is 12.0 Å². The van der Waals surface area contributed by atoms with Crippen molar-refractivity contribution in [2.24, 2.45) is 7.05 Å². The lowest BCUT2D eigenvalue weighted by molar-refractivity contribution is -0.140. The largest absolute Gasteiger partial charge is 0.481 e. The summed E-state index contributed by atoms with van der Waals surface area (Å²) in [5.74, 6) is 0.107. The summed E-state index contributed by atoms with van der Waals surface area (Å²) in [6.45, 7) is 0.650. The summed E-state index contributed by atoms with van der Waals surface area (Å²) >= 11 is 1.68. The first-order valence-electron chi connectivity index (χ1n) is 12.2. The van der Waals surface area contributed by atoms with Crippen molar-refractivity contribution in [3.63, 3.8) is 0 Å². The van der Waals surface area contributed by atoms with Gasteiger partial charge in [0.25, 0.3) is 0 Å². The van der Waals surface area contributed by atoms with E-state index in [-0.39, 0.29) is 0 Å². The summed E-state index contributed by atoms with van der Waals surface area (Å²) in [5, 5.41) is 18.7. The molecule has 6 rings (SSSR count). The summed E-state index contributed by atoms with van der Waals surface area (Å²) in [7, 11) is 1.93. The molecule has 1 aliphatic carbocycles. The Morgan fingerprint density at radius 1 is 0.946 bits per heavy atom. The van der Waals surface area contributed by atoms with E-state index < -0.39 is 11.4 Å². The lowest BCUT2D eigenvalue weighted by Crippen LogP contribution is -2.19. The molecule has 7 heteroatoms. The predicted octanol–water partition coefficient (Wildman–Crippen LogP) is 6.61. The molecule has 2 N–H and O–H groups in total. The number of benzene rings is 3. The smallest absolute Gasteiger partial charge is 0.314 e. The van der Waals surface area contributed by atoms with Gasteiger partial charge in [-0.3, -0.25) is 9.48 Å². The third kappa shape index (κ3) is 4.54. The molecule has 0 unspecified atom stereocenters. The van der Waals surface area contributed by atoms with Gasteiger partial charge in [-0.25, -0.2) is 4.98 Å². The molecule has 37 heavy (non-hydrogen) atoms. The zero-order chi connectivity index (χ0) is 25.4. The van der Waals surface area contributed by atoms with Crippen LogP contribution in [0.25, 0.3) is 32.8 Å². The van der Waals surface area contributed by atoms with Crippen LogP contribution in [0.4, 0.5) is 5.82 Å². The molecular weight excluding hydrogens is 480 g/mol. The Balaban J connectivity index is 1.17. The van der Waals surface area contributed by atoms with E-state index in [2.05, 4.69) is 51.8 Å².